The second kappa shape index (κ2) is 4.96. The summed E-state index contributed by atoms with van der Waals surface area (Å²) < 4.78 is 4.96. The molecule has 0 bridgehead atoms. The van der Waals surface area contributed by atoms with Crippen molar-refractivity contribution in [3.05, 3.63) is 28.0 Å². The molecule has 76 valence electrons. The largest absolute Gasteiger partial charge is 0.460 e. The summed E-state index contributed by atoms with van der Waals surface area (Å²) in [6.45, 7) is 5.70. The second-order valence-corrected chi connectivity index (χ2v) is 4.59. The van der Waals surface area contributed by atoms with Gasteiger partial charge in [-0.15, -0.1) is 11.3 Å². The van der Waals surface area contributed by atoms with Crippen LogP contribution in [0.25, 0.3) is 6.08 Å². The number of hydrogen-bond donors (Lipinski definition) is 0. The minimum absolute atomic E-state index is 0.0581. The molecule has 3 heteroatoms. The minimum atomic E-state index is -0.286. The molecule has 0 saturated heterocycles. The van der Waals surface area contributed by atoms with E-state index in [1.165, 1.54) is 11.0 Å². The molecule has 1 heterocycles. The average Bonchev–Trinajstić information content (AvgIpc) is 2.47. The van der Waals surface area contributed by atoms with Crippen LogP contribution in [0.4, 0.5) is 0 Å². The zero-order valence-corrected chi connectivity index (χ0v) is 9.43. The molecule has 1 aromatic heterocycles. The Hall–Kier alpha value is -1.09. The fourth-order valence-electron chi connectivity index (χ4n) is 0.965. The quantitative estimate of drug-likeness (QED) is 0.566. The van der Waals surface area contributed by atoms with Gasteiger partial charge in [0.25, 0.3) is 0 Å². The minimum Gasteiger partial charge on any atom is -0.460 e. The lowest BCUT2D eigenvalue weighted by atomic mass is 10.4. The van der Waals surface area contributed by atoms with Gasteiger partial charge in [-0.25, -0.2) is 4.79 Å². The Morgan fingerprint density at radius 3 is 2.71 bits per heavy atom. The van der Waals surface area contributed by atoms with Crippen LogP contribution >= 0.6 is 11.3 Å². The third-order valence-electron chi connectivity index (χ3n) is 1.50. The molecule has 14 heavy (non-hydrogen) atoms. The Balaban J connectivity index is 2.51. The number of carbonyl (C=O) groups is 1. The van der Waals surface area contributed by atoms with Crippen LogP contribution in [0.15, 0.2) is 18.2 Å². The molecule has 0 aromatic carbocycles. The molecule has 0 aliphatic carbocycles. The zero-order chi connectivity index (χ0) is 10.6. The van der Waals surface area contributed by atoms with Gasteiger partial charge >= 0.3 is 5.97 Å². The van der Waals surface area contributed by atoms with Gasteiger partial charge in [0.15, 0.2) is 0 Å². The van der Waals surface area contributed by atoms with Crippen LogP contribution in [0.2, 0.25) is 0 Å². The van der Waals surface area contributed by atoms with E-state index in [-0.39, 0.29) is 12.1 Å². The van der Waals surface area contributed by atoms with E-state index in [2.05, 4.69) is 0 Å². The Bertz CT molecular complexity index is 337. The van der Waals surface area contributed by atoms with Crippen molar-refractivity contribution in [2.75, 3.05) is 0 Å². The first kappa shape index (κ1) is 11.0. The molecule has 0 aliphatic rings. The van der Waals surface area contributed by atoms with Crippen molar-refractivity contribution in [2.45, 2.75) is 26.9 Å². The first-order valence-electron chi connectivity index (χ1n) is 4.53. The van der Waals surface area contributed by atoms with Gasteiger partial charge in [0, 0.05) is 15.8 Å². The Morgan fingerprint density at radius 1 is 1.50 bits per heavy atom. The van der Waals surface area contributed by atoms with Crippen LogP contribution in [0, 0.1) is 6.92 Å². The van der Waals surface area contributed by atoms with Gasteiger partial charge in [0.1, 0.15) is 0 Å². The highest BCUT2D eigenvalue weighted by atomic mass is 32.1. The van der Waals surface area contributed by atoms with Gasteiger partial charge in [-0.2, -0.15) is 0 Å². The van der Waals surface area contributed by atoms with Crippen molar-refractivity contribution in [1.82, 2.24) is 0 Å². The highest BCUT2D eigenvalue weighted by molar-refractivity contribution is 7.12. The van der Waals surface area contributed by atoms with Crippen LogP contribution in [0.5, 0.6) is 0 Å². The van der Waals surface area contributed by atoms with E-state index >= 15 is 0 Å². The van der Waals surface area contributed by atoms with Crippen molar-refractivity contribution in [3.8, 4) is 0 Å². The topological polar surface area (TPSA) is 26.3 Å². The van der Waals surface area contributed by atoms with Crippen LogP contribution in [0.1, 0.15) is 23.6 Å². The predicted octanol–water partition coefficient (Wildman–Crippen LogP) is 3.02. The van der Waals surface area contributed by atoms with Gasteiger partial charge in [-0.05, 0) is 39.0 Å². The molecule has 0 fully saturated rings. The molecule has 0 N–H and O–H groups in total. The smallest absolute Gasteiger partial charge is 0.331 e. The number of rotatable bonds is 3. The molecular formula is C11H14O2S. The Morgan fingerprint density at radius 2 is 2.21 bits per heavy atom. The van der Waals surface area contributed by atoms with Gasteiger partial charge in [0.05, 0.1) is 6.10 Å². The lowest BCUT2D eigenvalue weighted by Crippen LogP contribution is -2.08. The molecule has 0 aliphatic heterocycles. The van der Waals surface area contributed by atoms with E-state index in [0.29, 0.717) is 0 Å². The molecule has 0 spiro atoms. The number of thiophene rings is 1. The van der Waals surface area contributed by atoms with Gasteiger partial charge < -0.3 is 4.74 Å². The maximum atomic E-state index is 11.1. The highest BCUT2D eigenvalue weighted by Crippen LogP contribution is 2.16. The fourth-order valence-corrected chi connectivity index (χ4v) is 1.74. The van der Waals surface area contributed by atoms with E-state index in [4.69, 9.17) is 4.74 Å². The molecular weight excluding hydrogens is 196 g/mol. The number of hydrogen-bond acceptors (Lipinski definition) is 3. The van der Waals surface area contributed by atoms with Crippen LogP contribution in [0.3, 0.4) is 0 Å². The van der Waals surface area contributed by atoms with Crippen molar-refractivity contribution < 1.29 is 9.53 Å². The maximum absolute atomic E-state index is 11.1. The summed E-state index contributed by atoms with van der Waals surface area (Å²) >= 11 is 1.65. The summed E-state index contributed by atoms with van der Waals surface area (Å²) in [5.41, 5.74) is 0. The predicted molar refractivity (Wildman–Crippen MR) is 59.3 cm³/mol. The zero-order valence-electron chi connectivity index (χ0n) is 8.61. The van der Waals surface area contributed by atoms with E-state index in [0.717, 1.165) is 4.88 Å². The normalized spacial score (nSPS) is 11.1. The highest BCUT2D eigenvalue weighted by Gasteiger charge is 2.00. The first-order chi connectivity index (χ1) is 6.58. The number of aryl methyl sites for hydroxylation is 1. The standard InChI is InChI=1S/C11H14O2S/c1-8(2)13-11(12)7-6-10-5-4-9(3)14-10/h4-8H,1-3H3. The van der Waals surface area contributed by atoms with E-state index in [9.17, 15) is 4.79 Å². The van der Waals surface area contributed by atoms with Crippen molar-refractivity contribution in [3.63, 3.8) is 0 Å². The molecule has 0 saturated carbocycles. The third-order valence-corrected chi connectivity index (χ3v) is 2.46. The molecule has 2 nitrogen and oxygen atoms in total. The van der Waals surface area contributed by atoms with Crippen LogP contribution in [-0.2, 0) is 9.53 Å². The summed E-state index contributed by atoms with van der Waals surface area (Å²) in [6.07, 6.45) is 3.19. The van der Waals surface area contributed by atoms with Gasteiger partial charge in [-0.1, -0.05) is 0 Å². The third kappa shape index (κ3) is 3.75. The van der Waals surface area contributed by atoms with Crippen molar-refractivity contribution in [2.24, 2.45) is 0 Å². The fraction of sp³-hybridized carbons (Fsp3) is 0.364. The second-order valence-electron chi connectivity index (χ2n) is 3.27. The molecule has 0 radical (unpaired) electrons. The summed E-state index contributed by atoms with van der Waals surface area (Å²) in [4.78, 5) is 13.4. The Kier molecular flexibility index (Phi) is 3.89. The van der Waals surface area contributed by atoms with Crippen molar-refractivity contribution >= 4 is 23.4 Å². The lowest BCUT2D eigenvalue weighted by molar-refractivity contribution is -0.141. The van der Waals surface area contributed by atoms with Crippen LogP contribution in [-0.4, -0.2) is 12.1 Å². The molecule has 0 atom stereocenters. The molecule has 0 amide bonds. The SMILES string of the molecule is Cc1ccc(C=CC(=O)OC(C)C)s1. The summed E-state index contributed by atoms with van der Waals surface area (Å²) in [5.74, 6) is -0.286. The van der Waals surface area contributed by atoms with E-state index in [1.807, 2.05) is 32.9 Å². The average molecular weight is 210 g/mol. The van der Waals surface area contributed by atoms with Gasteiger partial charge in [0.2, 0.25) is 0 Å². The first-order valence-corrected chi connectivity index (χ1v) is 5.34. The lowest BCUT2D eigenvalue weighted by Gasteiger charge is -2.03. The van der Waals surface area contributed by atoms with E-state index in [1.54, 1.807) is 17.4 Å². The summed E-state index contributed by atoms with van der Waals surface area (Å²) in [7, 11) is 0. The maximum Gasteiger partial charge on any atom is 0.331 e. The molecule has 1 aromatic rings. The summed E-state index contributed by atoms with van der Waals surface area (Å²) in [5, 5.41) is 0. The number of esters is 1. The molecule has 0 unspecified atom stereocenters. The van der Waals surface area contributed by atoms with Gasteiger partial charge in [-0.3, -0.25) is 0 Å². The molecule has 1 rings (SSSR count). The number of ether oxygens (including phenoxy) is 1. The summed E-state index contributed by atoms with van der Waals surface area (Å²) in [6, 6.07) is 4.01. The van der Waals surface area contributed by atoms with Crippen LogP contribution < -0.4 is 0 Å². The van der Waals surface area contributed by atoms with Crippen molar-refractivity contribution in [1.29, 1.82) is 0 Å². The van der Waals surface area contributed by atoms with E-state index < -0.39 is 0 Å². The monoisotopic (exact) mass is 210 g/mol. The number of carbonyl (C=O) groups excluding carboxylic acids is 1. The Labute approximate surface area is 88.2 Å².